The minimum Gasteiger partial charge on any atom is -0.494 e. The first-order valence-electron chi connectivity index (χ1n) is 8.35. The predicted octanol–water partition coefficient (Wildman–Crippen LogP) is 2.73. The second kappa shape index (κ2) is 8.09. The number of benzene rings is 2. The van der Waals surface area contributed by atoms with Crippen LogP contribution in [0.1, 0.15) is 23.6 Å². The van der Waals surface area contributed by atoms with E-state index >= 15 is 0 Å². The van der Waals surface area contributed by atoms with E-state index in [0.29, 0.717) is 29.9 Å². The minimum absolute atomic E-state index is 0.0163. The minimum atomic E-state index is -0.558. The molecule has 1 saturated heterocycles. The molecule has 0 aromatic heterocycles. The molecule has 27 heavy (non-hydrogen) atoms. The molecule has 1 aliphatic rings. The normalized spacial score (nSPS) is 13.9. The van der Waals surface area contributed by atoms with Crippen molar-refractivity contribution in [2.75, 3.05) is 6.61 Å². The van der Waals surface area contributed by atoms with E-state index in [-0.39, 0.29) is 16.5 Å². The Labute approximate surface area is 161 Å². The average molecular weight is 384 g/mol. The fourth-order valence-electron chi connectivity index (χ4n) is 2.72. The van der Waals surface area contributed by atoms with Gasteiger partial charge in [-0.1, -0.05) is 30.3 Å². The number of ether oxygens (including phenoxy) is 1. The summed E-state index contributed by atoms with van der Waals surface area (Å²) in [6.45, 7) is 2.28. The molecule has 2 aromatic carbocycles. The Kier molecular flexibility index (Phi) is 5.61. The maximum Gasteiger partial charge on any atom is 0.263 e. The number of hydrogen-bond donors (Lipinski definition) is 2. The van der Waals surface area contributed by atoms with Crippen molar-refractivity contribution in [3.63, 3.8) is 0 Å². The summed E-state index contributed by atoms with van der Waals surface area (Å²) < 4.78 is 19.6. The number of hydrogen-bond acceptors (Lipinski definition) is 4. The Bertz CT molecular complexity index is 934. The van der Waals surface area contributed by atoms with E-state index in [4.69, 9.17) is 17.0 Å². The monoisotopic (exact) mass is 384 g/mol. The second-order valence-corrected chi connectivity index (χ2v) is 6.27. The first-order chi connectivity index (χ1) is 13.0. The molecule has 0 spiro atoms. The predicted molar refractivity (Wildman–Crippen MR) is 104 cm³/mol. The van der Waals surface area contributed by atoms with Gasteiger partial charge in [0.15, 0.2) is 5.11 Å². The number of halogens is 1. The zero-order valence-corrected chi connectivity index (χ0v) is 15.4. The van der Waals surface area contributed by atoms with Gasteiger partial charge in [0.25, 0.3) is 11.8 Å². The van der Waals surface area contributed by atoms with Gasteiger partial charge in [0.1, 0.15) is 17.1 Å². The lowest BCUT2D eigenvalue weighted by Gasteiger charge is -2.17. The summed E-state index contributed by atoms with van der Waals surface area (Å²) >= 11 is 4.78. The van der Waals surface area contributed by atoms with Gasteiger partial charge in [-0.15, -0.1) is 0 Å². The lowest BCUT2D eigenvalue weighted by Crippen LogP contribution is -2.51. The molecule has 2 aromatic rings. The Morgan fingerprint density at radius 2 is 1.78 bits per heavy atom. The SMILES string of the molecule is CCOc1cc(C=C2C(=O)NC(=S)NC2=O)ccc1Cc1ccccc1F. The van der Waals surface area contributed by atoms with Crippen LogP contribution in [0.3, 0.4) is 0 Å². The van der Waals surface area contributed by atoms with E-state index in [2.05, 4.69) is 10.6 Å². The smallest absolute Gasteiger partial charge is 0.263 e. The van der Waals surface area contributed by atoms with Crippen LogP contribution in [0.4, 0.5) is 4.39 Å². The second-order valence-electron chi connectivity index (χ2n) is 5.86. The van der Waals surface area contributed by atoms with Crippen LogP contribution in [0.5, 0.6) is 5.75 Å². The summed E-state index contributed by atoms with van der Waals surface area (Å²) in [4.78, 5) is 24.0. The van der Waals surface area contributed by atoms with Gasteiger partial charge in [-0.05, 0) is 54.0 Å². The number of rotatable bonds is 5. The Hall–Kier alpha value is -3.06. The Morgan fingerprint density at radius 3 is 2.44 bits per heavy atom. The fourth-order valence-corrected chi connectivity index (χ4v) is 2.90. The molecule has 5 nitrogen and oxygen atoms in total. The molecule has 0 aliphatic carbocycles. The summed E-state index contributed by atoms with van der Waals surface area (Å²) in [5, 5.41) is 4.76. The molecule has 2 N–H and O–H groups in total. The van der Waals surface area contributed by atoms with E-state index in [1.807, 2.05) is 6.92 Å². The van der Waals surface area contributed by atoms with E-state index < -0.39 is 11.8 Å². The molecule has 2 amide bonds. The third-order valence-electron chi connectivity index (χ3n) is 3.98. The highest BCUT2D eigenvalue weighted by Gasteiger charge is 2.25. The van der Waals surface area contributed by atoms with Crippen molar-refractivity contribution in [1.29, 1.82) is 0 Å². The summed E-state index contributed by atoms with van der Waals surface area (Å²) in [6, 6.07) is 11.8. The fraction of sp³-hybridized carbons (Fsp3) is 0.150. The van der Waals surface area contributed by atoms with Gasteiger partial charge in [0.05, 0.1) is 6.61 Å². The van der Waals surface area contributed by atoms with Gasteiger partial charge in [-0.25, -0.2) is 4.39 Å². The molecule has 0 bridgehead atoms. The molecule has 3 rings (SSSR count). The summed E-state index contributed by atoms with van der Waals surface area (Å²) in [7, 11) is 0. The van der Waals surface area contributed by atoms with Crippen LogP contribution in [0.25, 0.3) is 6.08 Å². The Balaban J connectivity index is 1.93. The Morgan fingerprint density at radius 1 is 1.07 bits per heavy atom. The number of nitrogens with one attached hydrogen (secondary N) is 2. The highest BCUT2D eigenvalue weighted by Crippen LogP contribution is 2.26. The van der Waals surface area contributed by atoms with Crippen LogP contribution in [0, 0.1) is 5.82 Å². The van der Waals surface area contributed by atoms with Crippen LogP contribution in [-0.4, -0.2) is 23.5 Å². The van der Waals surface area contributed by atoms with Crippen LogP contribution >= 0.6 is 12.2 Å². The maximum atomic E-state index is 13.9. The highest BCUT2D eigenvalue weighted by atomic mass is 32.1. The topological polar surface area (TPSA) is 67.4 Å². The number of amides is 2. The molecular weight excluding hydrogens is 367 g/mol. The van der Waals surface area contributed by atoms with Crippen LogP contribution in [0.2, 0.25) is 0 Å². The van der Waals surface area contributed by atoms with Crippen molar-refractivity contribution >= 4 is 35.2 Å². The molecule has 0 saturated carbocycles. The van der Waals surface area contributed by atoms with Gasteiger partial charge >= 0.3 is 0 Å². The van der Waals surface area contributed by atoms with Gasteiger partial charge in [-0.3, -0.25) is 20.2 Å². The molecule has 0 unspecified atom stereocenters. The quantitative estimate of drug-likeness (QED) is 0.473. The third-order valence-corrected chi connectivity index (χ3v) is 4.19. The molecular formula is C20H17FN2O3S. The standard InChI is InChI=1S/C20H17FN2O3S/c1-2-26-17-10-12(9-15-18(24)22-20(27)23-19(15)25)7-8-14(17)11-13-5-3-4-6-16(13)21/h3-10H,2,11H2,1H3,(H2,22,23,24,25,27). The van der Waals surface area contributed by atoms with Gasteiger partial charge in [0, 0.05) is 6.42 Å². The van der Waals surface area contributed by atoms with Crippen LogP contribution < -0.4 is 15.4 Å². The molecule has 1 aliphatic heterocycles. The molecule has 7 heteroatoms. The summed E-state index contributed by atoms with van der Waals surface area (Å²) in [5.74, 6) is -0.825. The van der Waals surface area contributed by atoms with E-state index in [9.17, 15) is 14.0 Å². The zero-order valence-electron chi connectivity index (χ0n) is 14.5. The van der Waals surface area contributed by atoms with Crippen molar-refractivity contribution in [3.05, 3.63) is 70.5 Å². The van der Waals surface area contributed by atoms with E-state index in [1.54, 1.807) is 36.4 Å². The van der Waals surface area contributed by atoms with Crippen LogP contribution in [-0.2, 0) is 16.0 Å². The van der Waals surface area contributed by atoms with E-state index in [0.717, 1.165) is 5.56 Å². The third kappa shape index (κ3) is 4.38. The summed E-state index contributed by atoms with van der Waals surface area (Å²) in [6.07, 6.45) is 1.83. The molecule has 0 radical (unpaired) electrons. The maximum absolute atomic E-state index is 13.9. The number of thiocarbonyl (C=S) groups is 1. The van der Waals surface area contributed by atoms with Crippen molar-refractivity contribution < 1.29 is 18.7 Å². The van der Waals surface area contributed by atoms with Crippen LogP contribution in [0.15, 0.2) is 48.0 Å². The lowest BCUT2D eigenvalue weighted by molar-refractivity contribution is -0.123. The van der Waals surface area contributed by atoms with Gasteiger partial charge in [-0.2, -0.15) is 0 Å². The molecule has 0 atom stereocenters. The van der Waals surface area contributed by atoms with Crippen molar-refractivity contribution in [3.8, 4) is 5.75 Å². The zero-order chi connectivity index (χ0) is 19.4. The molecule has 1 fully saturated rings. The van der Waals surface area contributed by atoms with Crippen molar-refractivity contribution in [2.45, 2.75) is 13.3 Å². The highest BCUT2D eigenvalue weighted by molar-refractivity contribution is 7.80. The average Bonchev–Trinajstić information content (AvgIpc) is 2.62. The number of carbonyl (C=O) groups is 2. The van der Waals surface area contributed by atoms with Gasteiger partial charge in [0.2, 0.25) is 0 Å². The van der Waals surface area contributed by atoms with Gasteiger partial charge < -0.3 is 4.74 Å². The van der Waals surface area contributed by atoms with E-state index in [1.165, 1.54) is 12.1 Å². The van der Waals surface area contributed by atoms with Crippen molar-refractivity contribution in [2.24, 2.45) is 0 Å². The largest absolute Gasteiger partial charge is 0.494 e. The van der Waals surface area contributed by atoms with Crippen molar-refractivity contribution in [1.82, 2.24) is 10.6 Å². The first kappa shape index (κ1) is 18.7. The lowest BCUT2D eigenvalue weighted by atomic mass is 10.0. The molecule has 1 heterocycles. The number of carbonyl (C=O) groups excluding carboxylic acids is 2. The molecule has 138 valence electrons. The first-order valence-corrected chi connectivity index (χ1v) is 8.76. The summed E-state index contributed by atoms with van der Waals surface area (Å²) in [5.41, 5.74) is 1.93.